The van der Waals surface area contributed by atoms with Crippen LogP contribution in [0.2, 0.25) is 0 Å². The highest BCUT2D eigenvalue weighted by Crippen LogP contribution is 2.29. The minimum Gasteiger partial charge on any atom is -0.495 e. The topological polar surface area (TPSA) is 75.7 Å². The number of hydrogen-bond acceptors (Lipinski definition) is 4. The van der Waals surface area contributed by atoms with Gasteiger partial charge in [0.05, 0.1) is 7.11 Å². The molecule has 0 radical (unpaired) electrons. The second-order valence-electron chi connectivity index (χ2n) is 6.44. The van der Waals surface area contributed by atoms with Crippen LogP contribution in [0.3, 0.4) is 0 Å². The van der Waals surface area contributed by atoms with Crippen molar-refractivity contribution in [2.45, 2.75) is 24.2 Å². The molecule has 6 nitrogen and oxygen atoms in total. The van der Waals surface area contributed by atoms with Gasteiger partial charge < -0.3 is 10.1 Å². The summed E-state index contributed by atoms with van der Waals surface area (Å²) in [5, 5.41) is 2.77. The normalized spacial score (nSPS) is 13.5. The quantitative estimate of drug-likeness (QED) is 0.873. The lowest BCUT2D eigenvalue weighted by Crippen LogP contribution is -2.23. The summed E-state index contributed by atoms with van der Waals surface area (Å²) in [4.78, 5) is 12.6. The molecular weight excluding hydrogens is 352 g/mol. The summed E-state index contributed by atoms with van der Waals surface area (Å²) in [6.45, 7) is 0. The van der Waals surface area contributed by atoms with Crippen LogP contribution < -0.4 is 10.1 Å². The number of amides is 1. The van der Waals surface area contributed by atoms with Crippen LogP contribution in [-0.2, 0) is 22.9 Å². The number of ether oxygens (including phenoxy) is 1. The fourth-order valence-electron chi connectivity index (χ4n) is 3.07. The molecule has 0 atom stereocenters. The highest BCUT2D eigenvalue weighted by Gasteiger charge is 2.23. The zero-order chi connectivity index (χ0) is 18.9. The van der Waals surface area contributed by atoms with Crippen LogP contribution in [0.5, 0.6) is 5.75 Å². The predicted molar refractivity (Wildman–Crippen MR) is 100 cm³/mol. The Morgan fingerprint density at radius 1 is 1.08 bits per heavy atom. The molecule has 0 spiro atoms. The maximum Gasteiger partial charge on any atom is 0.255 e. The first kappa shape index (κ1) is 18.4. The van der Waals surface area contributed by atoms with Crippen LogP contribution in [-0.4, -0.2) is 39.8 Å². The molecule has 0 fully saturated rings. The molecule has 0 heterocycles. The molecule has 3 rings (SSSR count). The van der Waals surface area contributed by atoms with Gasteiger partial charge in [0, 0.05) is 25.3 Å². The van der Waals surface area contributed by atoms with Gasteiger partial charge in [0.1, 0.15) is 10.6 Å². The molecule has 0 aliphatic heterocycles. The first-order valence-electron chi connectivity index (χ1n) is 8.36. The van der Waals surface area contributed by atoms with Crippen LogP contribution in [0.15, 0.2) is 41.3 Å². The van der Waals surface area contributed by atoms with Gasteiger partial charge in [-0.3, -0.25) is 4.79 Å². The van der Waals surface area contributed by atoms with E-state index in [9.17, 15) is 13.2 Å². The summed E-state index contributed by atoms with van der Waals surface area (Å²) >= 11 is 0. The molecule has 7 heteroatoms. The average molecular weight is 374 g/mol. The third kappa shape index (κ3) is 3.45. The molecule has 1 aliphatic rings. The van der Waals surface area contributed by atoms with Gasteiger partial charge in [0.2, 0.25) is 10.0 Å². The Hall–Kier alpha value is -2.38. The number of rotatable bonds is 5. The van der Waals surface area contributed by atoms with E-state index in [-0.39, 0.29) is 16.6 Å². The van der Waals surface area contributed by atoms with E-state index in [0.29, 0.717) is 11.3 Å². The molecule has 26 heavy (non-hydrogen) atoms. The van der Waals surface area contributed by atoms with E-state index < -0.39 is 10.0 Å². The van der Waals surface area contributed by atoms with Crippen molar-refractivity contribution in [2.75, 3.05) is 26.5 Å². The molecule has 2 aromatic rings. The molecule has 0 unspecified atom stereocenters. The zero-order valence-electron chi connectivity index (χ0n) is 15.1. The highest BCUT2D eigenvalue weighted by molar-refractivity contribution is 7.89. The molecule has 0 saturated heterocycles. The van der Waals surface area contributed by atoms with Crippen molar-refractivity contribution in [3.05, 3.63) is 53.1 Å². The molecule has 138 valence electrons. The minimum absolute atomic E-state index is 0.0109. The minimum atomic E-state index is -3.69. The molecule has 2 aromatic carbocycles. The van der Waals surface area contributed by atoms with Crippen molar-refractivity contribution in [3.8, 4) is 5.75 Å². The molecule has 0 saturated carbocycles. The van der Waals surface area contributed by atoms with Gasteiger partial charge in [-0.05, 0) is 60.7 Å². The molecule has 1 N–H and O–H groups in total. The number of nitrogens with one attached hydrogen (secondary N) is 1. The van der Waals surface area contributed by atoms with E-state index in [0.717, 1.165) is 23.6 Å². The zero-order valence-corrected chi connectivity index (χ0v) is 15.9. The second-order valence-corrected chi connectivity index (χ2v) is 8.56. The maximum absolute atomic E-state index is 12.6. The van der Waals surface area contributed by atoms with Crippen LogP contribution in [0.1, 0.15) is 27.9 Å². The Morgan fingerprint density at radius 2 is 1.81 bits per heavy atom. The largest absolute Gasteiger partial charge is 0.495 e. The number of hydrogen-bond donors (Lipinski definition) is 1. The fourth-order valence-corrected chi connectivity index (χ4v) is 4.14. The summed E-state index contributed by atoms with van der Waals surface area (Å²) in [7, 11) is 0.614. The number of carbonyl (C=O) groups is 1. The number of anilines is 1. The standard InChI is InChI=1S/C19H22N2O4S/c1-21(2)26(23,24)18-12-16(9-10-17(18)25-3)20-19(22)15-8-7-13-5-4-6-14(13)11-15/h7-12H,4-6H2,1-3H3,(H,20,22). The van der Waals surface area contributed by atoms with Gasteiger partial charge in [-0.1, -0.05) is 6.07 Å². The summed E-state index contributed by atoms with van der Waals surface area (Å²) in [6, 6.07) is 10.3. The van der Waals surface area contributed by atoms with Gasteiger partial charge in [-0.25, -0.2) is 12.7 Å². The molecule has 0 bridgehead atoms. The second kappa shape index (κ2) is 7.09. The third-order valence-electron chi connectivity index (χ3n) is 4.54. The Balaban J connectivity index is 1.89. The number of fused-ring (bicyclic) bond motifs is 1. The molecule has 1 aliphatic carbocycles. The van der Waals surface area contributed by atoms with Crippen molar-refractivity contribution >= 4 is 21.6 Å². The van der Waals surface area contributed by atoms with E-state index in [2.05, 4.69) is 5.32 Å². The summed E-state index contributed by atoms with van der Waals surface area (Å²) in [6.07, 6.45) is 3.16. The SMILES string of the molecule is COc1ccc(NC(=O)c2ccc3c(c2)CCC3)cc1S(=O)(=O)N(C)C. The summed E-state index contributed by atoms with van der Waals surface area (Å²) < 4.78 is 31.2. The van der Waals surface area contributed by atoms with Crippen LogP contribution in [0.25, 0.3) is 0 Å². The number of carbonyl (C=O) groups excluding carboxylic acids is 1. The maximum atomic E-state index is 12.6. The predicted octanol–water partition coefficient (Wildman–Crippen LogP) is 2.69. The summed E-state index contributed by atoms with van der Waals surface area (Å²) in [5.41, 5.74) is 3.48. The lowest BCUT2D eigenvalue weighted by molar-refractivity contribution is 0.102. The Kier molecular flexibility index (Phi) is 5.02. The van der Waals surface area contributed by atoms with E-state index in [1.807, 2.05) is 12.1 Å². The monoisotopic (exact) mass is 374 g/mol. The lowest BCUT2D eigenvalue weighted by atomic mass is 10.1. The van der Waals surface area contributed by atoms with Gasteiger partial charge in [0.15, 0.2) is 0 Å². The number of sulfonamides is 1. The van der Waals surface area contributed by atoms with Crippen molar-refractivity contribution in [2.24, 2.45) is 0 Å². The van der Waals surface area contributed by atoms with Crippen molar-refractivity contribution < 1.29 is 17.9 Å². The van der Waals surface area contributed by atoms with Crippen LogP contribution >= 0.6 is 0 Å². The van der Waals surface area contributed by atoms with E-state index >= 15 is 0 Å². The number of nitrogens with zero attached hydrogens (tertiary/aromatic N) is 1. The van der Waals surface area contributed by atoms with Gasteiger partial charge in [-0.2, -0.15) is 0 Å². The lowest BCUT2D eigenvalue weighted by Gasteiger charge is -2.16. The van der Waals surface area contributed by atoms with Crippen LogP contribution in [0, 0.1) is 0 Å². The van der Waals surface area contributed by atoms with Crippen molar-refractivity contribution in [1.82, 2.24) is 4.31 Å². The van der Waals surface area contributed by atoms with Crippen molar-refractivity contribution in [1.29, 1.82) is 0 Å². The number of benzene rings is 2. The Labute approximate surface area is 153 Å². The fraction of sp³-hybridized carbons (Fsp3) is 0.316. The number of aryl methyl sites for hydroxylation is 2. The first-order chi connectivity index (χ1) is 12.3. The number of methoxy groups -OCH3 is 1. The molecular formula is C19H22N2O4S. The van der Waals surface area contributed by atoms with E-state index in [1.54, 1.807) is 12.1 Å². The Morgan fingerprint density at radius 3 is 2.50 bits per heavy atom. The molecule has 0 aromatic heterocycles. The third-order valence-corrected chi connectivity index (χ3v) is 6.38. The van der Waals surface area contributed by atoms with Crippen LogP contribution in [0.4, 0.5) is 5.69 Å². The van der Waals surface area contributed by atoms with Crippen molar-refractivity contribution in [3.63, 3.8) is 0 Å². The highest BCUT2D eigenvalue weighted by atomic mass is 32.2. The first-order valence-corrected chi connectivity index (χ1v) is 9.80. The smallest absolute Gasteiger partial charge is 0.255 e. The average Bonchev–Trinajstić information content (AvgIpc) is 3.09. The van der Waals surface area contributed by atoms with Gasteiger partial charge in [-0.15, -0.1) is 0 Å². The van der Waals surface area contributed by atoms with Gasteiger partial charge in [0.25, 0.3) is 5.91 Å². The van der Waals surface area contributed by atoms with Gasteiger partial charge >= 0.3 is 0 Å². The van der Waals surface area contributed by atoms with E-state index in [4.69, 9.17) is 4.74 Å². The molecule has 1 amide bonds. The summed E-state index contributed by atoms with van der Waals surface area (Å²) in [5.74, 6) is -0.0349. The Bertz CT molecular complexity index is 952. The van der Waals surface area contributed by atoms with E-state index in [1.165, 1.54) is 44.5 Å².